The standard InChI is InChI=1S/C34H40ClN3O5/c1-6-17-36(5)30(40)27-28-31(41)38(26(21-39)19-23-11-9-8-10-12-23)29(34(28)20-22(3)33(27,4)43-34)32(42)37(18-7-2)25-15-13-24(35)14-16-25/h6-16,22,26-29,39H,1-2,17-21H2,3-5H3/t22?,26-,27-,28+,29?,33+,34?/m1/s1. The second-order valence-electron chi connectivity index (χ2n) is 12.2. The van der Waals surface area contributed by atoms with E-state index in [2.05, 4.69) is 13.2 Å². The average Bonchev–Trinajstić information content (AvgIpc) is 3.51. The molecule has 0 aromatic heterocycles. The van der Waals surface area contributed by atoms with Gasteiger partial charge in [-0.3, -0.25) is 14.4 Å². The van der Waals surface area contributed by atoms with Crippen LogP contribution in [0, 0.1) is 17.8 Å². The summed E-state index contributed by atoms with van der Waals surface area (Å²) in [6.45, 7) is 11.7. The van der Waals surface area contributed by atoms with Crippen molar-refractivity contribution in [2.24, 2.45) is 17.8 Å². The fraction of sp³-hybridized carbons (Fsp3) is 0.441. The zero-order valence-corrected chi connectivity index (χ0v) is 25.7. The van der Waals surface area contributed by atoms with Gasteiger partial charge in [-0.15, -0.1) is 13.2 Å². The number of anilines is 1. The van der Waals surface area contributed by atoms with E-state index in [0.717, 1.165) is 5.56 Å². The number of carbonyl (C=O) groups is 3. The summed E-state index contributed by atoms with van der Waals surface area (Å²) in [4.78, 5) is 48.3. The Morgan fingerprint density at radius 1 is 1.12 bits per heavy atom. The Morgan fingerprint density at radius 3 is 2.37 bits per heavy atom. The van der Waals surface area contributed by atoms with Crippen LogP contribution >= 0.6 is 11.6 Å². The van der Waals surface area contributed by atoms with E-state index in [9.17, 15) is 19.5 Å². The summed E-state index contributed by atoms with van der Waals surface area (Å²) in [5.74, 6) is -2.71. The molecule has 2 aromatic carbocycles. The number of aliphatic hydroxyl groups is 1. The van der Waals surface area contributed by atoms with Crippen molar-refractivity contribution in [2.45, 2.75) is 50.0 Å². The highest BCUT2D eigenvalue weighted by Crippen LogP contribution is 2.65. The third kappa shape index (κ3) is 4.99. The summed E-state index contributed by atoms with van der Waals surface area (Å²) in [6, 6.07) is 14.7. The van der Waals surface area contributed by atoms with Gasteiger partial charge in [-0.1, -0.05) is 61.0 Å². The van der Waals surface area contributed by atoms with Gasteiger partial charge in [-0.2, -0.15) is 0 Å². The average molecular weight is 606 g/mol. The molecule has 3 aliphatic heterocycles. The van der Waals surface area contributed by atoms with Crippen LogP contribution in [0.3, 0.4) is 0 Å². The molecular formula is C34H40ClN3O5. The molecular weight excluding hydrogens is 566 g/mol. The number of carbonyl (C=O) groups excluding carboxylic acids is 3. The molecule has 3 saturated heterocycles. The highest BCUT2D eigenvalue weighted by atomic mass is 35.5. The van der Waals surface area contributed by atoms with Crippen molar-refractivity contribution in [1.82, 2.24) is 9.80 Å². The highest BCUT2D eigenvalue weighted by Gasteiger charge is 2.80. The molecule has 8 nitrogen and oxygen atoms in total. The number of hydrogen-bond acceptors (Lipinski definition) is 5. The maximum Gasteiger partial charge on any atom is 0.253 e. The lowest BCUT2D eigenvalue weighted by molar-refractivity contribution is -0.153. The lowest BCUT2D eigenvalue weighted by Gasteiger charge is -2.39. The van der Waals surface area contributed by atoms with Crippen LogP contribution in [0.2, 0.25) is 5.02 Å². The minimum atomic E-state index is -1.26. The number of halogens is 1. The van der Waals surface area contributed by atoms with Crippen molar-refractivity contribution in [2.75, 3.05) is 31.6 Å². The van der Waals surface area contributed by atoms with Gasteiger partial charge in [-0.25, -0.2) is 0 Å². The third-order valence-electron chi connectivity index (χ3n) is 9.67. The second-order valence-corrected chi connectivity index (χ2v) is 12.6. The first kappa shape index (κ1) is 31.0. The van der Waals surface area contributed by atoms with Crippen LogP contribution in [0.1, 0.15) is 25.8 Å². The van der Waals surface area contributed by atoms with Crippen LogP contribution in [0.5, 0.6) is 0 Å². The molecule has 228 valence electrons. The first-order valence-electron chi connectivity index (χ1n) is 14.7. The Hall–Kier alpha value is -3.46. The SMILES string of the molecule is C=CCN(C)C(=O)[C@H]1[C@H]2C(=O)N([C@@H](CO)Cc3ccccc3)C(C(=O)N(CC=C)c3ccc(Cl)cc3)C23CC(C)[C@]1(C)O3. The van der Waals surface area contributed by atoms with Gasteiger partial charge in [0.05, 0.1) is 30.1 Å². The molecule has 0 aliphatic carbocycles. The molecule has 1 spiro atoms. The molecule has 0 radical (unpaired) electrons. The lowest BCUT2D eigenvalue weighted by atomic mass is 9.62. The van der Waals surface area contributed by atoms with Crippen LogP contribution in [0.4, 0.5) is 5.69 Å². The molecule has 1 N–H and O–H groups in total. The van der Waals surface area contributed by atoms with E-state index in [1.165, 1.54) is 4.90 Å². The third-order valence-corrected chi connectivity index (χ3v) is 9.92. The summed E-state index contributed by atoms with van der Waals surface area (Å²) >= 11 is 6.16. The van der Waals surface area contributed by atoms with Crippen molar-refractivity contribution >= 4 is 35.0 Å². The van der Waals surface area contributed by atoms with E-state index in [4.69, 9.17) is 16.3 Å². The number of rotatable bonds is 11. The quantitative estimate of drug-likeness (QED) is 0.389. The van der Waals surface area contributed by atoms with Crippen LogP contribution in [-0.2, 0) is 25.5 Å². The monoisotopic (exact) mass is 605 g/mol. The Morgan fingerprint density at radius 2 is 1.77 bits per heavy atom. The van der Waals surface area contributed by atoms with Gasteiger partial charge in [0.2, 0.25) is 11.8 Å². The minimum absolute atomic E-state index is 0.108. The summed E-state index contributed by atoms with van der Waals surface area (Å²) in [5.41, 5.74) is -0.696. The molecule has 0 saturated carbocycles. The Kier molecular flexibility index (Phi) is 8.58. The maximum atomic E-state index is 14.9. The van der Waals surface area contributed by atoms with Gasteiger partial charge in [0.1, 0.15) is 11.6 Å². The smallest absolute Gasteiger partial charge is 0.253 e. The van der Waals surface area contributed by atoms with Crippen molar-refractivity contribution in [1.29, 1.82) is 0 Å². The lowest BCUT2D eigenvalue weighted by Crippen LogP contribution is -2.59. The number of benzene rings is 2. The Labute approximate surface area is 258 Å². The second kappa shape index (κ2) is 11.9. The van der Waals surface area contributed by atoms with Crippen molar-refractivity contribution in [3.05, 3.63) is 90.5 Å². The number of nitrogens with zero attached hydrogens (tertiary/aromatic N) is 3. The van der Waals surface area contributed by atoms with Crippen LogP contribution in [-0.4, -0.2) is 82.7 Å². The van der Waals surface area contributed by atoms with Crippen LogP contribution in [0.25, 0.3) is 0 Å². The molecule has 5 rings (SSSR count). The fourth-order valence-electron chi connectivity index (χ4n) is 7.60. The van der Waals surface area contributed by atoms with E-state index >= 15 is 0 Å². The predicted octanol–water partition coefficient (Wildman–Crippen LogP) is 4.12. The summed E-state index contributed by atoms with van der Waals surface area (Å²) in [5, 5.41) is 11.3. The maximum absolute atomic E-state index is 14.9. The summed E-state index contributed by atoms with van der Waals surface area (Å²) in [7, 11) is 1.69. The van der Waals surface area contributed by atoms with E-state index in [1.807, 2.05) is 44.2 Å². The van der Waals surface area contributed by atoms with Gasteiger partial charge in [0.25, 0.3) is 5.91 Å². The van der Waals surface area contributed by atoms with Crippen LogP contribution < -0.4 is 4.90 Å². The van der Waals surface area contributed by atoms with Gasteiger partial charge in [0, 0.05) is 30.8 Å². The first-order chi connectivity index (χ1) is 20.5. The van der Waals surface area contributed by atoms with Crippen molar-refractivity contribution in [3.63, 3.8) is 0 Å². The predicted molar refractivity (Wildman–Crippen MR) is 166 cm³/mol. The van der Waals surface area contributed by atoms with E-state index < -0.39 is 35.1 Å². The fourth-order valence-corrected chi connectivity index (χ4v) is 7.73. The minimum Gasteiger partial charge on any atom is -0.394 e. The molecule has 2 aromatic rings. The largest absolute Gasteiger partial charge is 0.394 e. The normalized spacial score (nSPS) is 29.7. The zero-order valence-electron chi connectivity index (χ0n) is 25.0. The number of likely N-dealkylation sites (tertiary alicyclic amines) is 1. The molecule has 3 heterocycles. The number of likely N-dealkylation sites (N-methyl/N-ethyl adjacent to an activating group) is 1. The first-order valence-corrected chi connectivity index (χ1v) is 15.1. The molecule has 7 atom stereocenters. The molecule has 43 heavy (non-hydrogen) atoms. The van der Waals surface area contributed by atoms with Crippen molar-refractivity contribution < 1.29 is 24.2 Å². The van der Waals surface area contributed by atoms with Gasteiger partial charge in [0.15, 0.2) is 0 Å². The van der Waals surface area contributed by atoms with Crippen LogP contribution in [0.15, 0.2) is 79.9 Å². The number of hydrogen-bond donors (Lipinski definition) is 1. The molecule has 3 amide bonds. The molecule has 3 fully saturated rings. The number of aliphatic hydroxyl groups excluding tert-OH is 1. The van der Waals surface area contributed by atoms with Gasteiger partial charge in [-0.05, 0) is 55.5 Å². The molecule has 9 heteroatoms. The summed E-state index contributed by atoms with van der Waals surface area (Å²) in [6.07, 6.45) is 4.03. The Balaban J connectivity index is 1.66. The topological polar surface area (TPSA) is 90.4 Å². The van der Waals surface area contributed by atoms with E-state index in [-0.39, 0.29) is 36.8 Å². The zero-order chi connectivity index (χ0) is 31.1. The number of ether oxygens (including phenoxy) is 1. The molecule has 3 aliphatic rings. The molecule has 3 unspecified atom stereocenters. The number of amides is 3. The molecule has 2 bridgehead atoms. The van der Waals surface area contributed by atoms with E-state index in [1.54, 1.807) is 53.3 Å². The van der Waals surface area contributed by atoms with Gasteiger partial charge < -0.3 is 24.5 Å². The van der Waals surface area contributed by atoms with Crippen molar-refractivity contribution in [3.8, 4) is 0 Å². The Bertz CT molecular complexity index is 1400. The number of fused-ring (bicyclic) bond motifs is 1. The van der Waals surface area contributed by atoms with Gasteiger partial charge >= 0.3 is 0 Å². The highest BCUT2D eigenvalue weighted by molar-refractivity contribution is 6.30. The summed E-state index contributed by atoms with van der Waals surface area (Å²) < 4.78 is 6.90. The van der Waals surface area contributed by atoms with E-state index in [0.29, 0.717) is 30.1 Å².